The van der Waals surface area contributed by atoms with Crippen molar-refractivity contribution in [3.8, 4) is 11.5 Å². The summed E-state index contributed by atoms with van der Waals surface area (Å²) in [4.78, 5) is 6.48. The van der Waals surface area contributed by atoms with Crippen molar-refractivity contribution in [2.45, 2.75) is 19.5 Å². The molecule has 0 saturated carbocycles. The summed E-state index contributed by atoms with van der Waals surface area (Å²) in [5, 5.41) is 0. The molecule has 0 spiro atoms. The van der Waals surface area contributed by atoms with E-state index in [1.807, 2.05) is 18.3 Å². The fraction of sp³-hybridized carbons (Fsp3) is 0.353. The van der Waals surface area contributed by atoms with Crippen LogP contribution >= 0.6 is 0 Å². The summed E-state index contributed by atoms with van der Waals surface area (Å²) in [6, 6.07) is 10.6. The van der Waals surface area contributed by atoms with E-state index in [1.165, 1.54) is 11.1 Å². The van der Waals surface area contributed by atoms with Gasteiger partial charge in [0.2, 0.25) is 0 Å². The van der Waals surface area contributed by atoms with Crippen LogP contribution in [0.2, 0.25) is 0 Å². The largest absolute Gasteiger partial charge is 0.486 e. The number of rotatable bonds is 4. The lowest BCUT2D eigenvalue weighted by molar-refractivity contribution is 0.171. The van der Waals surface area contributed by atoms with Crippen LogP contribution in [0.1, 0.15) is 24.1 Å². The molecule has 1 aromatic heterocycles. The lowest BCUT2D eigenvalue weighted by Crippen LogP contribution is -2.22. The quantitative estimate of drug-likeness (QED) is 0.864. The lowest BCUT2D eigenvalue weighted by Gasteiger charge is -2.26. The molecule has 1 unspecified atom stereocenters. The van der Waals surface area contributed by atoms with Crippen LogP contribution < -0.4 is 9.47 Å². The molecule has 110 valence electrons. The van der Waals surface area contributed by atoms with E-state index in [0.717, 1.165) is 18.0 Å². The van der Waals surface area contributed by atoms with Crippen LogP contribution in [0.25, 0.3) is 0 Å². The second kappa shape index (κ2) is 6.14. The maximum atomic E-state index is 5.64. The lowest BCUT2D eigenvalue weighted by atomic mass is 10.1. The topological polar surface area (TPSA) is 34.6 Å². The highest BCUT2D eigenvalue weighted by atomic mass is 16.6. The average Bonchev–Trinajstić information content (AvgIpc) is 2.55. The van der Waals surface area contributed by atoms with Gasteiger partial charge in [0.05, 0.1) is 0 Å². The molecule has 1 aromatic carbocycles. The normalized spacial score (nSPS) is 15.0. The highest BCUT2D eigenvalue weighted by Gasteiger charge is 2.15. The van der Waals surface area contributed by atoms with Gasteiger partial charge in [0.1, 0.15) is 13.2 Å². The molecule has 1 aliphatic heterocycles. The first-order valence-corrected chi connectivity index (χ1v) is 7.23. The van der Waals surface area contributed by atoms with Crippen molar-refractivity contribution in [3.05, 3.63) is 53.9 Å². The Morgan fingerprint density at radius 2 is 2.00 bits per heavy atom. The SMILES string of the molecule is CC(c1cccnc1)N(C)Cc1ccc2c(c1)OCCO2. The van der Waals surface area contributed by atoms with Gasteiger partial charge in [-0.1, -0.05) is 12.1 Å². The minimum Gasteiger partial charge on any atom is -0.486 e. The number of benzene rings is 1. The summed E-state index contributed by atoms with van der Waals surface area (Å²) in [5.74, 6) is 1.69. The molecule has 0 fully saturated rings. The molecule has 0 N–H and O–H groups in total. The van der Waals surface area contributed by atoms with Crippen molar-refractivity contribution in [2.24, 2.45) is 0 Å². The van der Waals surface area contributed by atoms with E-state index in [0.29, 0.717) is 19.3 Å². The van der Waals surface area contributed by atoms with E-state index >= 15 is 0 Å². The van der Waals surface area contributed by atoms with Crippen molar-refractivity contribution >= 4 is 0 Å². The zero-order valence-corrected chi connectivity index (χ0v) is 12.5. The summed E-state index contributed by atoms with van der Waals surface area (Å²) in [5.41, 5.74) is 2.44. The molecule has 0 amide bonds. The van der Waals surface area contributed by atoms with Gasteiger partial charge in [0.15, 0.2) is 11.5 Å². The van der Waals surface area contributed by atoms with Crippen molar-refractivity contribution in [1.29, 1.82) is 0 Å². The number of hydrogen-bond acceptors (Lipinski definition) is 4. The highest BCUT2D eigenvalue weighted by Crippen LogP contribution is 2.31. The van der Waals surface area contributed by atoms with Crippen molar-refractivity contribution in [2.75, 3.05) is 20.3 Å². The Balaban J connectivity index is 1.71. The number of pyridine rings is 1. The van der Waals surface area contributed by atoms with Crippen LogP contribution in [0.5, 0.6) is 11.5 Å². The van der Waals surface area contributed by atoms with Crippen LogP contribution in [-0.4, -0.2) is 30.1 Å². The summed E-state index contributed by atoms with van der Waals surface area (Å²) in [6.45, 7) is 4.30. The molecule has 1 atom stereocenters. The van der Waals surface area contributed by atoms with Gasteiger partial charge in [0, 0.05) is 25.0 Å². The number of nitrogens with zero attached hydrogens (tertiary/aromatic N) is 2. The van der Waals surface area contributed by atoms with Crippen molar-refractivity contribution in [3.63, 3.8) is 0 Å². The summed E-state index contributed by atoms with van der Waals surface area (Å²) >= 11 is 0. The molecule has 0 saturated heterocycles. The summed E-state index contributed by atoms with van der Waals surface area (Å²) in [7, 11) is 2.12. The molecule has 2 aromatic rings. The van der Waals surface area contributed by atoms with E-state index in [1.54, 1.807) is 6.20 Å². The number of fused-ring (bicyclic) bond motifs is 1. The van der Waals surface area contributed by atoms with Crippen LogP contribution in [0.4, 0.5) is 0 Å². The zero-order chi connectivity index (χ0) is 14.7. The third kappa shape index (κ3) is 3.16. The van der Waals surface area contributed by atoms with Crippen LogP contribution in [-0.2, 0) is 6.54 Å². The van der Waals surface area contributed by atoms with Gasteiger partial charge in [-0.3, -0.25) is 9.88 Å². The number of ether oxygens (including phenoxy) is 2. The fourth-order valence-corrected chi connectivity index (χ4v) is 2.49. The molecular weight excluding hydrogens is 264 g/mol. The van der Waals surface area contributed by atoms with Gasteiger partial charge in [-0.15, -0.1) is 0 Å². The Morgan fingerprint density at radius 3 is 2.76 bits per heavy atom. The molecule has 0 aliphatic carbocycles. The number of hydrogen-bond donors (Lipinski definition) is 0. The highest BCUT2D eigenvalue weighted by molar-refractivity contribution is 5.43. The predicted molar refractivity (Wildman–Crippen MR) is 81.6 cm³/mol. The van der Waals surface area contributed by atoms with E-state index < -0.39 is 0 Å². The molecule has 3 rings (SSSR count). The first-order chi connectivity index (χ1) is 10.2. The standard InChI is InChI=1S/C17H20N2O2/c1-13(15-4-3-7-18-11-15)19(2)12-14-5-6-16-17(10-14)21-9-8-20-16/h3-7,10-11,13H,8-9,12H2,1-2H3. The average molecular weight is 284 g/mol. The Kier molecular flexibility index (Phi) is 4.06. The van der Waals surface area contributed by atoms with Crippen LogP contribution in [0.15, 0.2) is 42.7 Å². The third-order valence-electron chi connectivity index (χ3n) is 3.87. The van der Waals surface area contributed by atoms with Gasteiger partial charge < -0.3 is 9.47 Å². The van der Waals surface area contributed by atoms with Gasteiger partial charge in [-0.05, 0) is 43.3 Å². The van der Waals surface area contributed by atoms with Gasteiger partial charge >= 0.3 is 0 Å². The first kappa shape index (κ1) is 13.9. The molecule has 0 bridgehead atoms. The fourth-order valence-electron chi connectivity index (χ4n) is 2.49. The van der Waals surface area contributed by atoms with Crippen molar-refractivity contribution in [1.82, 2.24) is 9.88 Å². The molecule has 4 heteroatoms. The van der Waals surface area contributed by atoms with Crippen molar-refractivity contribution < 1.29 is 9.47 Å². The molecular formula is C17H20N2O2. The smallest absolute Gasteiger partial charge is 0.161 e. The minimum atomic E-state index is 0.312. The van der Waals surface area contributed by atoms with E-state index in [9.17, 15) is 0 Å². The van der Waals surface area contributed by atoms with Crippen LogP contribution in [0.3, 0.4) is 0 Å². The van der Waals surface area contributed by atoms with E-state index in [4.69, 9.17) is 9.47 Å². The first-order valence-electron chi connectivity index (χ1n) is 7.23. The van der Waals surface area contributed by atoms with E-state index in [-0.39, 0.29) is 0 Å². The second-order valence-electron chi connectivity index (χ2n) is 5.36. The zero-order valence-electron chi connectivity index (χ0n) is 12.5. The maximum Gasteiger partial charge on any atom is 0.161 e. The van der Waals surface area contributed by atoms with Gasteiger partial charge in [-0.25, -0.2) is 0 Å². The molecule has 2 heterocycles. The Labute approximate surface area is 125 Å². The number of aromatic nitrogens is 1. The minimum absolute atomic E-state index is 0.312. The monoisotopic (exact) mass is 284 g/mol. The molecule has 0 radical (unpaired) electrons. The second-order valence-corrected chi connectivity index (χ2v) is 5.36. The Morgan fingerprint density at radius 1 is 1.19 bits per heavy atom. The molecule has 21 heavy (non-hydrogen) atoms. The van der Waals surface area contributed by atoms with E-state index in [2.05, 4.69) is 42.1 Å². The maximum absolute atomic E-state index is 5.64. The predicted octanol–water partition coefficient (Wildman–Crippen LogP) is 3.05. The molecule has 4 nitrogen and oxygen atoms in total. The Hall–Kier alpha value is -2.07. The third-order valence-corrected chi connectivity index (χ3v) is 3.87. The summed E-state index contributed by atoms with van der Waals surface area (Å²) in [6.07, 6.45) is 3.72. The van der Waals surface area contributed by atoms with Crippen LogP contribution in [0, 0.1) is 0 Å². The van der Waals surface area contributed by atoms with Gasteiger partial charge in [0.25, 0.3) is 0 Å². The summed E-state index contributed by atoms with van der Waals surface area (Å²) < 4.78 is 11.2. The Bertz CT molecular complexity index is 601. The van der Waals surface area contributed by atoms with Gasteiger partial charge in [-0.2, -0.15) is 0 Å². The molecule has 1 aliphatic rings.